The van der Waals surface area contributed by atoms with Crippen molar-refractivity contribution in [2.45, 2.75) is 13.8 Å². The number of halogens is 1. The summed E-state index contributed by atoms with van der Waals surface area (Å²) in [5.74, 6) is -1.15. The molecule has 0 aliphatic rings. The molecule has 1 rings (SSSR count). The highest BCUT2D eigenvalue weighted by atomic mass is 79.9. The third-order valence-electron chi connectivity index (χ3n) is 2.61. The average Bonchev–Trinajstić information content (AvgIpc) is 2.32. The molecule has 0 aromatic heterocycles. The number of anilines is 1. The van der Waals surface area contributed by atoms with Crippen molar-refractivity contribution in [1.29, 1.82) is 0 Å². The van der Waals surface area contributed by atoms with Gasteiger partial charge in [0.15, 0.2) is 0 Å². The van der Waals surface area contributed by atoms with Gasteiger partial charge in [-0.1, -0.05) is 22.9 Å². The number of amides is 1. The Kier molecular flexibility index (Phi) is 5.98. The van der Waals surface area contributed by atoms with E-state index in [2.05, 4.69) is 21.2 Å². The molecule has 0 aliphatic carbocycles. The molecule has 0 fully saturated rings. The molecule has 0 unspecified atom stereocenters. The van der Waals surface area contributed by atoms with Crippen LogP contribution in [0.2, 0.25) is 0 Å². The summed E-state index contributed by atoms with van der Waals surface area (Å²) < 4.78 is 0.978. The van der Waals surface area contributed by atoms with Crippen molar-refractivity contribution < 1.29 is 14.7 Å². The number of aryl methyl sites for hydroxylation is 1. The van der Waals surface area contributed by atoms with Crippen LogP contribution in [0.3, 0.4) is 0 Å². The number of carbonyl (C=O) groups is 2. The van der Waals surface area contributed by atoms with Crippen molar-refractivity contribution >= 4 is 33.5 Å². The first-order valence-electron chi connectivity index (χ1n) is 5.92. The molecule has 0 spiro atoms. The lowest BCUT2D eigenvalue weighted by Gasteiger charge is -2.17. The van der Waals surface area contributed by atoms with Gasteiger partial charge in [-0.05, 0) is 37.2 Å². The van der Waals surface area contributed by atoms with E-state index in [0.29, 0.717) is 12.2 Å². The Hall–Kier alpha value is -1.40. The van der Waals surface area contributed by atoms with Gasteiger partial charge in [0.2, 0.25) is 5.91 Å². The number of carbonyl (C=O) groups excluding carboxylic acids is 1. The number of hydrogen-bond donors (Lipinski definition) is 2. The molecule has 0 heterocycles. The van der Waals surface area contributed by atoms with Gasteiger partial charge in [0.05, 0.1) is 13.1 Å². The fraction of sp³-hybridized carbons (Fsp3) is 0.385. The normalized spacial score (nSPS) is 10.5. The quantitative estimate of drug-likeness (QED) is 0.839. The smallest absolute Gasteiger partial charge is 0.317 e. The van der Waals surface area contributed by atoms with E-state index < -0.39 is 5.97 Å². The summed E-state index contributed by atoms with van der Waals surface area (Å²) in [5.41, 5.74) is 1.73. The lowest BCUT2D eigenvalue weighted by Crippen LogP contribution is -2.36. The third-order valence-corrected chi connectivity index (χ3v) is 3.50. The summed E-state index contributed by atoms with van der Waals surface area (Å²) in [5, 5.41) is 11.5. The fourth-order valence-corrected chi connectivity index (χ4v) is 1.84. The zero-order valence-corrected chi connectivity index (χ0v) is 12.5. The lowest BCUT2D eigenvalue weighted by atomic mass is 10.2. The average molecular weight is 329 g/mol. The molecule has 0 bridgehead atoms. The van der Waals surface area contributed by atoms with E-state index in [-0.39, 0.29) is 19.0 Å². The molecule has 5 nitrogen and oxygen atoms in total. The van der Waals surface area contributed by atoms with Gasteiger partial charge in [0.25, 0.3) is 0 Å². The number of nitrogens with zero attached hydrogens (tertiary/aromatic N) is 1. The number of benzene rings is 1. The van der Waals surface area contributed by atoms with Crippen molar-refractivity contribution in [3.63, 3.8) is 0 Å². The van der Waals surface area contributed by atoms with Gasteiger partial charge < -0.3 is 10.4 Å². The van der Waals surface area contributed by atoms with Crippen LogP contribution in [0.4, 0.5) is 5.69 Å². The summed E-state index contributed by atoms with van der Waals surface area (Å²) in [4.78, 5) is 24.0. The molecule has 0 saturated heterocycles. The Morgan fingerprint density at radius 3 is 2.58 bits per heavy atom. The van der Waals surface area contributed by atoms with Crippen molar-refractivity contribution in [2.75, 3.05) is 25.0 Å². The molecular weight excluding hydrogens is 312 g/mol. The highest BCUT2D eigenvalue weighted by Crippen LogP contribution is 2.19. The van der Waals surface area contributed by atoms with Gasteiger partial charge in [-0.15, -0.1) is 0 Å². The Balaban J connectivity index is 2.58. The maximum atomic E-state index is 11.8. The summed E-state index contributed by atoms with van der Waals surface area (Å²) >= 11 is 3.39. The standard InChI is InChI=1S/C13H17BrN2O3/c1-3-16(8-13(18)19)7-12(17)15-10-4-5-11(14)9(2)6-10/h4-6H,3,7-8H2,1-2H3,(H,15,17)(H,18,19). The van der Waals surface area contributed by atoms with E-state index in [4.69, 9.17) is 5.11 Å². The summed E-state index contributed by atoms with van der Waals surface area (Å²) in [6, 6.07) is 5.51. The molecular formula is C13H17BrN2O3. The molecule has 19 heavy (non-hydrogen) atoms. The first-order chi connectivity index (χ1) is 8.92. The second-order valence-electron chi connectivity index (χ2n) is 4.21. The van der Waals surface area contributed by atoms with E-state index >= 15 is 0 Å². The summed E-state index contributed by atoms with van der Waals surface area (Å²) in [7, 11) is 0. The van der Waals surface area contributed by atoms with Crippen LogP contribution in [0.25, 0.3) is 0 Å². The first kappa shape index (κ1) is 15.7. The summed E-state index contributed by atoms with van der Waals surface area (Å²) in [6.45, 7) is 4.20. The highest BCUT2D eigenvalue weighted by Gasteiger charge is 2.12. The van der Waals surface area contributed by atoms with Gasteiger partial charge in [0, 0.05) is 10.2 Å². The zero-order chi connectivity index (χ0) is 14.4. The number of aliphatic carboxylic acids is 1. The largest absolute Gasteiger partial charge is 0.480 e. The lowest BCUT2D eigenvalue weighted by molar-refractivity contribution is -0.138. The Bertz CT molecular complexity index is 477. The molecule has 6 heteroatoms. The number of carboxylic acids is 1. The van der Waals surface area contributed by atoms with E-state index in [1.165, 1.54) is 0 Å². The van der Waals surface area contributed by atoms with Crippen LogP contribution in [0.15, 0.2) is 22.7 Å². The molecule has 0 saturated carbocycles. The van der Waals surface area contributed by atoms with Crippen molar-refractivity contribution in [2.24, 2.45) is 0 Å². The Labute approximate surface area is 120 Å². The van der Waals surface area contributed by atoms with Gasteiger partial charge in [-0.25, -0.2) is 0 Å². The van der Waals surface area contributed by atoms with Gasteiger partial charge in [0.1, 0.15) is 0 Å². The zero-order valence-electron chi connectivity index (χ0n) is 10.9. The Morgan fingerprint density at radius 1 is 1.37 bits per heavy atom. The second kappa shape index (κ2) is 7.25. The minimum atomic E-state index is -0.936. The van der Waals surface area contributed by atoms with Gasteiger partial charge in [-0.3, -0.25) is 14.5 Å². The maximum absolute atomic E-state index is 11.8. The topological polar surface area (TPSA) is 69.6 Å². The van der Waals surface area contributed by atoms with E-state index in [0.717, 1.165) is 10.0 Å². The predicted molar refractivity (Wildman–Crippen MR) is 77.3 cm³/mol. The molecule has 104 valence electrons. The molecule has 0 aliphatic heterocycles. The molecule has 2 N–H and O–H groups in total. The molecule has 0 radical (unpaired) electrons. The molecule has 1 aromatic rings. The SMILES string of the molecule is CCN(CC(=O)O)CC(=O)Nc1ccc(Br)c(C)c1. The van der Waals surface area contributed by atoms with Crippen LogP contribution >= 0.6 is 15.9 Å². The molecule has 1 aromatic carbocycles. The number of rotatable bonds is 6. The van der Waals surface area contributed by atoms with E-state index in [1.54, 1.807) is 11.0 Å². The number of nitrogens with one attached hydrogen (secondary N) is 1. The van der Waals surface area contributed by atoms with E-state index in [1.807, 2.05) is 26.0 Å². The van der Waals surface area contributed by atoms with Gasteiger partial charge in [-0.2, -0.15) is 0 Å². The fourth-order valence-electron chi connectivity index (χ4n) is 1.60. The monoisotopic (exact) mass is 328 g/mol. The number of hydrogen-bond acceptors (Lipinski definition) is 3. The highest BCUT2D eigenvalue weighted by molar-refractivity contribution is 9.10. The van der Waals surface area contributed by atoms with Crippen LogP contribution < -0.4 is 5.32 Å². The van der Waals surface area contributed by atoms with Gasteiger partial charge >= 0.3 is 5.97 Å². The number of likely N-dealkylation sites (N-methyl/N-ethyl adjacent to an activating group) is 1. The molecule has 1 amide bonds. The van der Waals surface area contributed by atoms with Crippen LogP contribution in [-0.2, 0) is 9.59 Å². The van der Waals surface area contributed by atoms with Crippen LogP contribution in [0.1, 0.15) is 12.5 Å². The summed E-state index contributed by atoms with van der Waals surface area (Å²) in [6.07, 6.45) is 0. The second-order valence-corrected chi connectivity index (χ2v) is 5.06. The first-order valence-corrected chi connectivity index (χ1v) is 6.71. The van der Waals surface area contributed by atoms with Crippen molar-refractivity contribution in [1.82, 2.24) is 4.90 Å². The van der Waals surface area contributed by atoms with Crippen molar-refractivity contribution in [3.05, 3.63) is 28.2 Å². The predicted octanol–water partition coefficient (Wildman–Crippen LogP) is 2.10. The van der Waals surface area contributed by atoms with Crippen LogP contribution in [0, 0.1) is 6.92 Å². The number of carboxylic acid groups (broad SMARTS) is 1. The molecule has 0 atom stereocenters. The van der Waals surface area contributed by atoms with E-state index in [9.17, 15) is 9.59 Å². The van der Waals surface area contributed by atoms with Crippen molar-refractivity contribution in [3.8, 4) is 0 Å². The van der Waals surface area contributed by atoms with Crippen LogP contribution in [-0.4, -0.2) is 41.5 Å². The minimum absolute atomic E-state index is 0.0674. The van der Waals surface area contributed by atoms with Crippen LogP contribution in [0.5, 0.6) is 0 Å². The third kappa shape index (κ3) is 5.40. The Morgan fingerprint density at radius 2 is 2.05 bits per heavy atom. The minimum Gasteiger partial charge on any atom is -0.480 e. The maximum Gasteiger partial charge on any atom is 0.317 e.